The molecule has 1 amide bonds. The Hall–Kier alpha value is -2.87. The molecule has 132 valence electrons. The van der Waals surface area contributed by atoms with Crippen molar-refractivity contribution in [3.63, 3.8) is 0 Å². The number of hydrogen-bond donors (Lipinski definition) is 1. The molecule has 1 fully saturated rings. The van der Waals surface area contributed by atoms with E-state index < -0.39 is 17.9 Å². The average molecular weight is 345 g/mol. The number of aryl methyl sites for hydroxylation is 1. The van der Waals surface area contributed by atoms with Crippen molar-refractivity contribution in [3.05, 3.63) is 41.7 Å². The SMILES string of the molecule is COc1ccc(-n2nc(C(=O)N3CCOCC3C(=O)O)cc2C)cc1. The molecule has 3 rings (SSSR count). The number of amides is 1. The van der Waals surface area contributed by atoms with Crippen LogP contribution >= 0.6 is 0 Å². The third-order valence-electron chi connectivity index (χ3n) is 4.10. The highest BCUT2D eigenvalue weighted by Crippen LogP contribution is 2.18. The Morgan fingerprint density at radius 3 is 2.68 bits per heavy atom. The maximum atomic E-state index is 12.7. The molecule has 1 aromatic heterocycles. The second-order valence-corrected chi connectivity index (χ2v) is 5.71. The summed E-state index contributed by atoms with van der Waals surface area (Å²) in [6, 6.07) is 7.94. The zero-order chi connectivity index (χ0) is 18.0. The van der Waals surface area contributed by atoms with Gasteiger partial charge in [0.1, 0.15) is 5.75 Å². The predicted octanol–water partition coefficient (Wildman–Crippen LogP) is 1.11. The summed E-state index contributed by atoms with van der Waals surface area (Å²) in [4.78, 5) is 25.4. The van der Waals surface area contributed by atoms with E-state index in [0.29, 0.717) is 6.61 Å². The third kappa shape index (κ3) is 3.34. The molecule has 1 aliphatic rings. The van der Waals surface area contributed by atoms with E-state index in [9.17, 15) is 14.7 Å². The second kappa shape index (κ2) is 6.94. The van der Waals surface area contributed by atoms with E-state index >= 15 is 0 Å². The molecule has 0 bridgehead atoms. The molecule has 1 aliphatic heterocycles. The Labute approximate surface area is 144 Å². The van der Waals surface area contributed by atoms with Gasteiger partial charge in [-0.15, -0.1) is 0 Å². The van der Waals surface area contributed by atoms with Gasteiger partial charge in [0.05, 0.1) is 26.0 Å². The van der Waals surface area contributed by atoms with Gasteiger partial charge in [-0.1, -0.05) is 0 Å². The summed E-state index contributed by atoms with van der Waals surface area (Å²) in [5, 5.41) is 13.6. The lowest BCUT2D eigenvalue weighted by molar-refractivity contribution is -0.147. The number of ether oxygens (including phenoxy) is 2. The number of carboxylic acids is 1. The Balaban J connectivity index is 1.88. The summed E-state index contributed by atoms with van der Waals surface area (Å²) in [7, 11) is 1.59. The first-order valence-corrected chi connectivity index (χ1v) is 7.84. The number of methoxy groups -OCH3 is 1. The van der Waals surface area contributed by atoms with Crippen LogP contribution in [0.1, 0.15) is 16.2 Å². The topological polar surface area (TPSA) is 93.9 Å². The van der Waals surface area contributed by atoms with Crippen molar-refractivity contribution in [3.8, 4) is 11.4 Å². The average Bonchev–Trinajstić information content (AvgIpc) is 3.03. The van der Waals surface area contributed by atoms with Crippen LogP contribution in [0.5, 0.6) is 5.75 Å². The fourth-order valence-electron chi connectivity index (χ4n) is 2.76. The van der Waals surface area contributed by atoms with Crippen LogP contribution in [0.4, 0.5) is 0 Å². The van der Waals surface area contributed by atoms with Crippen LogP contribution in [0, 0.1) is 6.92 Å². The van der Waals surface area contributed by atoms with E-state index in [1.807, 2.05) is 19.1 Å². The van der Waals surface area contributed by atoms with Gasteiger partial charge in [0, 0.05) is 12.2 Å². The number of hydrogen-bond acceptors (Lipinski definition) is 5. The molecule has 1 aromatic carbocycles. The van der Waals surface area contributed by atoms with E-state index in [-0.39, 0.29) is 18.8 Å². The molecular formula is C17H19N3O5. The standard InChI is InChI=1S/C17H19N3O5/c1-11-9-14(16(21)19-7-8-25-10-15(19)17(22)23)18-20(11)12-3-5-13(24-2)6-4-12/h3-6,9,15H,7-8,10H2,1-2H3,(H,22,23). The number of benzene rings is 1. The van der Waals surface area contributed by atoms with Gasteiger partial charge in [0.15, 0.2) is 11.7 Å². The molecule has 2 heterocycles. The van der Waals surface area contributed by atoms with Crippen molar-refractivity contribution in [2.75, 3.05) is 26.9 Å². The molecule has 0 aliphatic carbocycles. The van der Waals surface area contributed by atoms with Crippen LogP contribution in [0.2, 0.25) is 0 Å². The highest BCUT2D eigenvalue weighted by atomic mass is 16.5. The lowest BCUT2D eigenvalue weighted by atomic mass is 10.2. The van der Waals surface area contributed by atoms with Gasteiger partial charge in [-0.25, -0.2) is 9.48 Å². The molecule has 0 saturated carbocycles. The van der Waals surface area contributed by atoms with Crippen LogP contribution in [0.3, 0.4) is 0 Å². The van der Waals surface area contributed by atoms with Gasteiger partial charge < -0.3 is 19.5 Å². The number of rotatable bonds is 4. The summed E-state index contributed by atoms with van der Waals surface area (Å²) in [6.07, 6.45) is 0. The van der Waals surface area contributed by atoms with Gasteiger partial charge in [0.2, 0.25) is 0 Å². The molecular weight excluding hydrogens is 326 g/mol. The molecule has 1 atom stereocenters. The normalized spacial score (nSPS) is 17.4. The lowest BCUT2D eigenvalue weighted by Gasteiger charge is -2.32. The summed E-state index contributed by atoms with van der Waals surface area (Å²) in [6.45, 7) is 2.36. The van der Waals surface area contributed by atoms with E-state index in [1.165, 1.54) is 4.90 Å². The minimum absolute atomic E-state index is 0.0146. The fourth-order valence-corrected chi connectivity index (χ4v) is 2.76. The lowest BCUT2D eigenvalue weighted by Crippen LogP contribution is -2.52. The van der Waals surface area contributed by atoms with Crippen molar-refractivity contribution in [2.45, 2.75) is 13.0 Å². The van der Waals surface area contributed by atoms with Crippen molar-refractivity contribution in [1.29, 1.82) is 0 Å². The van der Waals surface area contributed by atoms with Gasteiger partial charge in [-0.2, -0.15) is 5.10 Å². The van der Waals surface area contributed by atoms with E-state index in [0.717, 1.165) is 17.1 Å². The number of carbonyl (C=O) groups is 2. The first-order chi connectivity index (χ1) is 12.0. The van der Waals surface area contributed by atoms with Crippen LogP contribution in [0.25, 0.3) is 5.69 Å². The van der Waals surface area contributed by atoms with E-state index in [4.69, 9.17) is 9.47 Å². The smallest absolute Gasteiger partial charge is 0.328 e. The first-order valence-electron chi connectivity index (χ1n) is 7.84. The Morgan fingerprint density at radius 1 is 1.32 bits per heavy atom. The summed E-state index contributed by atoms with van der Waals surface area (Å²) < 4.78 is 11.9. The number of morpholine rings is 1. The maximum absolute atomic E-state index is 12.7. The van der Waals surface area contributed by atoms with Crippen molar-refractivity contribution in [1.82, 2.24) is 14.7 Å². The minimum atomic E-state index is -1.08. The first kappa shape index (κ1) is 17.0. The third-order valence-corrected chi connectivity index (χ3v) is 4.10. The Kier molecular flexibility index (Phi) is 4.71. The second-order valence-electron chi connectivity index (χ2n) is 5.71. The molecule has 0 spiro atoms. The number of carboxylic acid groups (broad SMARTS) is 1. The van der Waals surface area contributed by atoms with Crippen molar-refractivity contribution in [2.24, 2.45) is 0 Å². The largest absolute Gasteiger partial charge is 0.497 e. The number of carbonyl (C=O) groups excluding carboxylic acids is 1. The molecule has 25 heavy (non-hydrogen) atoms. The van der Waals surface area contributed by atoms with Crippen LogP contribution in [0.15, 0.2) is 30.3 Å². The van der Waals surface area contributed by atoms with Gasteiger partial charge in [0.25, 0.3) is 5.91 Å². The highest BCUT2D eigenvalue weighted by Gasteiger charge is 2.34. The van der Waals surface area contributed by atoms with Crippen molar-refractivity contribution < 1.29 is 24.2 Å². The molecule has 1 saturated heterocycles. The van der Waals surface area contributed by atoms with Crippen LogP contribution in [-0.4, -0.2) is 64.6 Å². The quantitative estimate of drug-likeness (QED) is 0.892. The zero-order valence-corrected chi connectivity index (χ0v) is 14.0. The van der Waals surface area contributed by atoms with Crippen molar-refractivity contribution >= 4 is 11.9 Å². The summed E-state index contributed by atoms with van der Waals surface area (Å²) >= 11 is 0. The Morgan fingerprint density at radius 2 is 2.04 bits per heavy atom. The zero-order valence-electron chi connectivity index (χ0n) is 14.0. The number of nitrogens with zero attached hydrogens (tertiary/aromatic N) is 3. The monoisotopic (exact) mass is 345 g/mol. The van der Waals surface area contributed by atoms with Crippen LogP contribution in [-0.2, 0) is 9.53 Å². The Bertz CT molecular complexity index is 784. The van der Waals surface area contributed by atoms with Gasteiger partial charge in [-0.3, -0.25) is 4.79 Å². The molecule has 1 unspecified atom stereocenters. The predicted molar refractivity (Wildman–Crippen MR) is 88.1 cm³/mol. The van der Waals surface area contributed by atoms with Gasteiger partial charge in [-0.05, 0) is 37.3 Å². The summed E-state index contributed by atoms with van der Waals surface area (Å²) in [5.74, 6) is -0.770. The molecule has 8 heteroatoms. The highest BCUT2D eigenvalue weighted by molar-refractivity contribution is 5.95. The maximum Gasteiger partial charge on any atom is 0.328 e. The molecule has 8 nitrogen and oxygen atoms in total. The van der Waals surface area contributed by atoms with E-state index in [2.05, 4.69) is 5.10 Å². The van der Waals surface area contributed by atoms with Crippen LogP contribution < -0.4 is 4.74 Å². The molecule has 1 N–H and O–H groups in total. The fraction of sp³-hybridized carbons (Fsp3) is 0.353. The number of aromatic nitrogens is 2. The van der Waals surface area contributed by atoms with E-state index in [1.54, 1.807) is 30.0 Å². The minimum Gasteiger partial charge on any atom is -0.497 e. The number of aliphatic carboxylic acids is 1. The molecule has 2 aromatic rings. The summed E-state index contributed by atoms with van der Waals surface area (Å²) in [5.41, 5.74) is 1.77. The van der Waals surface area contributed by atoms with Gasteiger partial charge >= 0.3 is 5.97 Å². The molecule has 0 radical (unpaired) electrons.